The van der Waals surface area contributed by atoms with Gasteiger partial charge in [0.25, 0.3) is 0 Å². The van der Waals surface area contributed by atoms with E-state index in [9.17, 15) is 4.39 Å². The Bertz CT molecular complexity index is 403. The third kappa shape index (κ3) is 2.43. The van der Waals surface area contributed by atoms with Crippen molar-refractivity contribution in [3.8, 4) is 0 Å². The maximum atomic E-state index is 14.2. The van der Waals surface area contributed by atoms with Gasteiger partial charge in [0.05, 0.1) is 12.7 Å². The summed E-state index contributed by atoms with van der Waals surface area (Å²) in [7, 11) is 0. The van der Waals surface area contributed by atoms with Crippen LogP contribution in [0.25, 0.3) is 0 Å². The molecule has 0 saturated carbocycles. The number of ether oxygens (including phenoxy) is 1. The predicted molar refractivity (Wildman–Crippen MR) is 69.4 cm³/mol. The summed E-state index contributed by atoms with van der Waals surface area (Å²) >= 11 is 0. The van der Waals surface area contributed by atoms with Crippen molar-refractivity contribution in [2.75, 3.05) is 13.2 Å². The molecular formula is C15H20FNO. The van der Waals surface area contributed by atoms with Crippen LogP contribution in [0.4, 0.5) is 4.39 Å². The molecule has 1 aromatic rings. The molecule has 2 nitrogen and oxygen atoms in total. The first-order valence-electron chi connectivity index (χ1n) is 6.91. The van der Waals surface area contributed by atoms with Crippen LogP contribution in [0.2, 0.25) is 0 Å². The molecule has 2 aliphatic rings. The largest absolute Gasteiger partial charge is 0.373 e. The molecule has 2 heterocycles. The van der Waals surface area contributed by atoms with Crippen LogP contribution in [0.1, 0.15) is 36.5 Å². The van der Waals surface area contributed by atoms with Gasteiger partial charge in [-0.25, -0.2) is 4.39 Å². The molecule has 1 aromatic carbocycles. The van der Waals surface area contributed by atoms with E-state index in [1.54, 1.807) is 0 Å². The average molecular weight is 249 g/mol. The number of hydrogen-bond acceptors (Lipinski definition) is 2. The minimum absolute atomic E-state index is 0.0303. The summed E-state index contributed by atoms with van der Waals surface area (Å²) in [4.78, 5) is 0. The highest BCUT2D eigenvalue weighted by Crippen LogP contribution is 2.32. The van der Waals surface area contributed by atoms with Crippen molar-refractivity contribution in [2.24, 2.45) is 0 Å². The molecule has 0 bridgehead atoms. The zero-order valence-corrected chi connectivity index (χ0v) is 10.6. The van der Waals surface area contributed by atoms with Gasteiger partial charge in [0.1, 0.15) is 6.17 Å². The lowest BCUT2D eigenvalue weighted by atomic mass is 9.93. The lowest BCUT2D eigenvalue weighted by molar-refractivity contribution is 0.0158. The van der Waals surface area contributed by atoms with Crippen LogP contribution in [0.5, 0.6) is 0 Å². The molecule has 0 aliphatic carbocycles. The first-order chi connectivity index (χ1) is 8.84. The quantitative estimate of drug-likeness (QED) is 0.889. The van der Waals surface area contributed by atoms with E-state index >= 15 is 0 Å². The smallest absolute Gasteiger partial charge is 0.118 e. The Morgan fingerprint density at radius 3 is 3.11 bits per heavy atom. The fourth-order valence-corrected chi connectivity index (χ4v) is 3.06. The van der Waals surface area contributed by atoms with Gasteiger partial charge in [-0.3, -0.25) is 0 Å². The van der Waals surface area contributed by atoms with Gasteiger partial charge in [-0.2, -0.15) is 0 Å². The van der Waals surface area contributed by atoms with Gasteiger partial charge in [-0.05, 0) is 36.9 Å². The first kappa shape index (κ1) is 12.1. The standard InChI is InChI=1S/C15H20FNO/c16-13(14-6-3-8-17-14)10-15-12-5-2-1-4-11(12)7-9-18-15/h1-2,4-5,13-15,17H,3,6-10H2. The van der Waals surface area contributed by atoms with Gasteiger partial charge < -0.3 is 10.1 Å². The second-order valence-electron chi connectivity index (χ2n) is 5.26. The number of fused-ring (bicyclic) bond motifs is 1. The molecule has 0 amide bonds. The highest BCUT2D eigenvalue weighted by atomic mass is 19.1. The minimum atomic E-state index is -0.802. The summed E-state index contributed by atoms with van der Waals surface area (Å²) in [5.74, 6) is 0. The lowest BCUT2D eigenvalue weighted by Crippen LogP contribution is -2.34. The van der Waals surface area contributed by atoms with Crippen LogP contribution < -0.4 is 5.32 Å². The number of halogens is 1. The van der Waals surface area contributed by atoms with Crippen molar-refractivity contribution in [3.05, 3.63) is 35.4 Å². The van der Waals surface area contributed by atoms with Crippen LogP contribution in [0.15, 0.2) is 24.3 Å². The summed E-state index contributed by atoms with van der Waals surface area (Å²) in [6, 6.07) is 8.30. The Morgan fingerprint density at radius 2 is 2.28 bits per heavy atom. The topological polar surface area (TPSA) is 21.3 Å². The van der Waals surface area contributed by atoms with E-state index < -0.39 is 6.17 Å². The van der Waals surface area contributed by atoms with Crippen molar-refractivity contribution < 1.29 is 9.13 Å². The average Bonchev–Trinajstić information content (AvgIpc) is 2.93. The molecule has 1 saturated heterocycles. The molecule has 1 N–H and O–H groups in total. The lowest BCUT2D eigenvalue weighted by Gasteiger charge is -2.28. The summed E-state index contributed by atoms with van der Waals surface area (Å²) in [5.41, 5.74) is 2.50. The van der Waals surface area contributed by atoms with Crippen LogP contribution in [-0.2, 0) is 11.2 Å². The zero-order valence-electron chi connectivity index (χ0n) is 10.6. The Kier molecular flexibility index (Phi) is 3.62. The number of alkyl halides is 1. The Balaban J connectivity index is 1.70. The van der Waals surface area contributed by atoms with E-state index in [-0.39, 0.29) is 12.1 Å². The van der Waals surface area contributed by atoms with Gasteiger partial charge in [0.15, 0.2) is 0 Å². The highest BCUT2D eigenvalue weighted by Gasteiger charge is 2.30. The number of benzene rings is 1. The summed E-state index contributed by atoms with van der Waals surface area (Å²) in [6.45, 7) is 1.67. The van der Waals surface area contributed by atoms with Crippen LogP contribution in [0, 0.1) is 0 Å². The monoisotopic (exact) mass is 249 g/mol. The van der Waals surface area contributed by atoms with Gasteiger partial charge in [0, 0.05) is 12.5 Å². The SMILES string of the molecule is FC(CC1OCCc2ccccc21)C1CCCN1. The molecule has 0 spiro atoms. The molecule has 3 unspecified atom stereocenters. The molecule has 1 fully saturated rings. The van der Waals surface area contributed by atoms with Gasteiger partial charge in [-0.1, -0.05) is 24.3 Å². The van der Waals surface area contributed by atoms with Crippen LogP contribution in [-0.4, -0.2) is 25.4 Å². The molecule has 2 aliphatic heterocycles. The van der Waals surface area contributed by atoms with Crippen molar-refractivity contribution in [2.45, 2.75) is 44.0 Å². The van der Waals surface area contributed by atoms with E-state index in [4.69, 9.17) is 4.74 Å². The zero-order chi connectivity index (χ0) is 12.4. The third-order valence-electron chi connectivity index (χ3n) is 4.07. The Morgan fingerprint density at radius 1 is 1.39 bits per heavy atom. The molecule has 98 valence electrons. The summed E-state index contributed by atoms with van der Waals surface area (Å²) < 4.78 is 20.0. The highest BCUT2D eigenvalue weighted by molar-refractivity contribution is 5.31. The fraction of sp³-hybridized carbons (Fsp3) is 0.600. The molecule has 3 rings (SSSR count). The third-order valence-corrected chi connectivity index (χ3v) is 4.07. The van der Waals surface area contributed by atoms with Gasteiger partial charge >= 0.3 is 0 Å². The van der Waals surface area contributed by atoms with E-state index in [1.807, 2.05) is 12.1 Å². The van der Waals surface area contributed by atoms with Crippen molar-refractivity contribution >= 4 is 0 Å². The van der Waals surface area contributed by atoms with Crippen molar-refractivity contribution in [1.29, 1.82) is 0 Å². The Labute approximate surface area is 108 Å². The van der Waals surface area contributed by atoms with Crippen LogP contribution >= 0.6 is 0 Å². The predicted octanol–water partition coefficient (Wildman–Crippen LogP) is 2.78. The van der Waals surface area contributed by atoms with Crippen molar-refractivity contribution in [1.82, 2.24) is 5.32 Å². The maximum absolute atomic E-state index is 14.2. The van der Waals surface area contributed by atoms with E-state index in [2.05, 4.69) is 17.4 Å². The summed E-state index contributed by atoms with van der Waals surface area (Å²) in [5, 5.41) is 3.24. The second-order valence-corrected chi connectivity index (χ2v) is 5.26. The van der Waals surface area contributed by atoms with Crippen LogP contribution in [0.3, 0.4) is 0 Å². The second kappa shape index (κ2) is 5.37. The number of hydrogen-bond donors (Lipinski definition) is 1. The molecule has 3 heteroatoms. The first-order valence-corrected chi connectivity index (χ1v) is 6.91. The van der Waals surface area contributed by atoms with E-state index in [0.717, 1.165) is 25.8 Å². The molecular weight excluding hydrogens is 229 g/mol. The molecule has 18 heavy (non-hydrogen) atoms. The van der Waals surface area contributed by atoms with E-state index in [1.165, 1.54) is 11.1 Å². The normalized spacial score (nSPS) is 28.9. The van der Waals surface area contributed by atoms with Gasteiger partial charge in [0.2, 0.25) is 0 Å². The minimum Gasteiger partial charge on any atom is -0.373 e. The fourth-order valence-electron chi connectivity index (χ4n) is 3.06. The molecule has 0 aromatic heterocycles. The Hall–Kier alpha value is -0.930. The maximum Gasteiger partial charge on any atom is 0.118 e. The van der Waals surface area contributed by atoms with Gasteiger partial charge in [-0.15, -0.1) is 0 Å². The number of rotatable bonds is 3. The number of nitrogens with one attached hydrogen (secondary N) is 1. The van der Waals surface area contributed by atoms with E-state index in [0.29, 0.717) is 13.0 Å². The molecule has 3 atom stereocenters. The molecule has 0 radical (unpaired) electrons. The summed E-state index contributed by atoms with van der Waals surface area (Å²) in [6.07, 6.45) is 2.61. The van der Waals surface area contributed by atoms with Crippen molar-refractivity contribution in [3.63, 3.8) is 0 Å².